The fraction of sp³-hybridized carbons (Fsp3) is 0.192. The first-order valence-corrected chi connectivity index (χ1v) is 11.3. The van der Waals surface area contributed by atoms with Crippen molar-refractivity contribution in [1.29, 1.82) is 5.26 Å². The van der Waals surface area contributed by atoms with Gasteiger partial charge in [-0.2, -0.15) is 5.26 Å². The molecule has 0 amide bonds. The van der Waals surface area contributed by atoms with E-state index in [0.29, 0.717) is 16.1 Å². The van der Waals surface area contributed by atoms with Crippen LogP contribution >= 0.6 is 11.3 Å². The number of aryl methyl sites for hydroxylation is 1. The Kier molecular flexibility index (Phi) is 6.78. The molecule has 0 radical (unpaired) electrons. The zero-order valence-electron chi connectivity index (χ0n) is 17.5. The van der Waals surface area contributed by atoms with Crippen LogP contribution in [0.3, 0.4) is 0 Å². The summed E-state index contributed by atoms with van der Waals surface area (Å²) < 4.78 is 5.47. The number of anilines is 1. The van der Waals surface area contributed by atoms with Crippen LogP contribution in [0.5, 0.6) is 0 Å². The number of hydrogen-bond acceptors (Lipinski definition) is 6. The van der Waals surface area contributed by atoms with Crippen LogP contribution in [0, 0.1) is 11.3 Å². The van der Waals surface area contributed by atoms with Gasteiger partial charge in [0.25, 0.3) is 0 Å². The summed E-state index contributed by atoms with van der Waals surface area (Å²) in [6, 6.07) is 20.4. The number of nitrogens with zero attached hydrogens (tertiary/aromatic N) is 1. The number of allylic oxidation sites excluding steroid dienone is 1. The smallest absolute Gasteiger partial charge is 0.355 e. The number of carbonyl (C=O) groups is 2. The van der Waals surface area contributed by atoms with Gasteiger partial charge in [-0.05, 0) is 36.8 Å². The van der Waals surface area contributed by atoms with Crippen LogP contribution in [0.2, 0.25) is 0 Å². The predicted molar refractivity (Wildman–Crippen MR) is 124 cm³/mol. The number of benzene rings is 2. The van der Waals surface area contributed by atoms with Gasteiger partial charge in [-0.25, -0.2) is 4.79 Å². The lowest BCUT2D eigenvalue weighted by Crippen LogP contribution is -2.16. The van der Waals surface area contributed by atoms with Crippen LogP contribution in [0.1, 0.15) is 44.8 Å². The maximum absolute atomic E-state index is 12.9. The third-order valence-corrected chi connectivity index (χ3v) is 6.50. The van der Waals surface area contributed by atoms with Crippen LogP contribution in [-0.2, 0) is 29.0 Å². The van der Waals surface area contributed by atoms with Crippen molar-refractivity contribution in [2.24, 2.45) is 0 Å². The van der Waals surface area contributed by atoms with Crippen molar-refractivity contribution in [2.45, 2.75) is 32.3 Å². The first kappa shape index (κ1) is 21.5. The Labute approximate surface area is 191 Å². The van der Waals surface area contributed by atoms with Crippen molar-refractivity contribution in [3.63, 3.8) is 0 Å². The Morgan fingerprint density at radius 2 is 1.72 bits per heavy atom. The fourth-order valence-electron chi connectivity index (χ4n) is 3.66. The molecule has 3 aromatic rings. The van der Waals surface area contributed by atoms with E-state index in [4.69, 9.17) is 4.74 Å². The number of thiophene rings is 1. The highest BCUT2D eigenvalue weighted by Gasteiger charge is 2.23. The van der Waals surface area contributed by atoms with E-state index in [1.165, 1.54) is 22.3 Å². The molecular formula is C26H22N2O3S. The molecule has 6 heteroatoms. The number of hydrogen-bond donors (Lipinski definition) is 1. The van der Waals surface area contributed by atoms with Crippen LogP contribution in [0.25, 0.3) is 0 Å². The standard InChI is InChI=1S/C26H22N2O3S/c27-16-21-20-13-7-8-14-24(20)32-25(21)28-22(15-23(29)19-11-5-2-6-12-19)26(30)31-17-18-9-3-1-4-10-18/h1-6,9-12,15,28H,7-8,13-14,17H2. The summed E-state index contributed by atoms with van der Waals surface area (Å²) in [7, 11) is 0. The Hall–Kier alpha value is -3.69. The second kappa shape index (κ2) is 10.1. The number of nitrogens with one attached hydrogen (secondary N) is 1. The molecule has 5 nitrogen and oxygen atoms in total. The average Bonchev–Trinajstić information content (AvgIpc) is 3.20. The van der Waals surface area contributed by atoms with Gasteiger partial charge in [0.15, 0.2) is 5.78 Å². The van der Waals surface area contributed by atoms with Gasteiger partial charge >= 0.3 is 5.97 Å². The molecule has 1 aromatic heterocycles. The molecule has 1 heterocycles. The minimum Gasteiger partial charge on any atom is -0.456 e. The SMILES string of the molecule is N#Cc1c(NC(=CC(=O)c2ccccc2)C(=O)OCc2ccccc2)sc2c1CCCC2. The van der Waals surface area contributed by atoms with Crippen LogP contribution in [-0.4, -0.2) is 11.8 Å². The number of ketones is 1. The summed E-state index contributed by atoms with van der Waals surface area (Å²) in [6.45, 7) is 0.0876. The van der Waals surface area contributed by atoms with E-state index in [1.807, 2.05) is 36.4 Å². The molecule has 1 N–H and O–H groups in total. The molecule has 0 saturated carbocycles. The number of rotatable bonds is 7. The molecule has 0 bridgehead atoms. The Morgan fingerprint density at radius 1 is 1.03 bits per heavy atom. The number of fused-ring (bicyclic) bond motifs is 1. The van der Waals surface area contributed by atoms with Gasteiger partial charge in [-0.15, -0.1) is 11.3 Å². The van der Waals surface area contributed by atoms with Gasteiger partial charge in [0, 0.05) is 16.5 Å². The Morgan fingerprint density at radius 3 is 2.44 bits per heavy atom. The quantitative estimate of drug-likeness (QED) is 0.300. The third kappa shape index (κ3) is 4.96. The van der Waals surface area contributed by atoms with Crippen molar-refractivity contribution in [3.8, 4) is 6.07 Å². The van der Waals surface area contributed by atoms with Crippen LogP contribution in [0.15, 0.2) is 72.4 Å². The summed E-state index contributed by atoms with van der Waals surface area (Å²) in [5.74, 6) is -0.960. The van der Waals surface area contributed by atoms with E-state index in [2.05, 4.69) is 11.4 Å². The Bertz CT molecular complexity index is 1190. The van der Waals surface area contributed by atoms with Gasteiger partial charge in [0.2, 0.25) is 0 Å². The molecule has 1 aliphatic rings. The van der Waals surface area contributed by atoms with E-state index in [1.54, 1.807) is 24.3 Å². The number of ether oxygens (including phenoxy) is 1. The van der Waals surface area contributed by atoms with Crippen LogP contribution < -0.4 is 5.32 Å². The van der Waals surface area contributed by atoms with Gasteiger partial charge in [0.1, 0.15) is 23.4 Å². The van der Waals surface area contributed by atoms with Gasteiger partial charge < -0.3 is 10.1 Å². The van der Waals surface area contributed by atoms with Crippen molar-refractivity contribution in [1.82, 2.24) is 0 Å². The molecule has 0 atom stereocenters. The highest BCUT2D eigenvalue weighted by molar-refractivity contribution is 7.16. The largest absolute Gasteiger partial charge is 0.456 e. The van der Waals surface area contributed by atoms with E-state index < -0.39 is 5.97 Å². The molecule has 0 saturated heterocycles. The third-order valence-electron chi connectivity index (χ3n) is 5.30. The molecule has 4 rings (SSSR count). The molecule has 1 aliphatic carbocycles. The summed E-state index contributed by atoms with van der Waals surface area (Å²) >= 11 is 1.48. The van der Waals surface area contributed by atoms with E-state index >= 15 is 0 Å². The second-order valence-corrected chi connectivity index (χ2v) is 8.61. The lowest BCUT2D eigenvalue weighted by molar-refractivity contribution is -0.140. The van der Waals surface area contributed by atoms with Gasteiger partial charge in [-0.3, -0.25) is 4.79 Å². The highest BCUT2D eigenvalue weighted by atomic mass is 32.1. The number of esters is 1. The van der Waals surface area contributed by atoms with E-state index in [0.717, 1.165) is 36.8 Å². The zero-order valence-corrected chi connectivity index (χ0v) is 18.3. The minimum absolute atomic E-state index is 0.0184. The fourth-order valence-corrected chi connectivity index (χ4v) is 4.91. The summed E-state index contributed by atoms with van der Waals surface area (Å²) in [5.41, 5.74) is 2.94. The molecule has 0 spiro atoms. The topological polar surface area (TPSA) is 79.2 Å². The maximum atomic E-state index is 12.9. The first-order valence-electron chi connectivity index (χ1n) is 10.5. The lowest BCUT2D eigenvalue weighted by Gasteiger charge is -2.11. The normalized spacial score (nSPS) is 13.0. The molecule has 160 valence electrons. The second-order valence-electron chi connectivity index (χ2n) is 7.50. The van der Waals surface area contributed by atoms with Crippen molar-refractivity contribution >= 4 is 28.1 Å². The summed E-state index contributed by atoms with van der Waals surface area (Å²) in [5, 5.41) is 13.4. The molecule has 2 aromatic carbocycles. The zero-order chi connectivity index (χ0) is 22.3. The molecule has 0 unspecified atom stereocenters. The monoisotopic (exact) mass is 442 g/mol. The van der Waals surface area contributed by atoms with Gasteiger partial charge in [0.05, 0.1) is 5.56 Å². The predicted octanol–water partition coefficient (Wildman–Crippen LogP) is 5.42. The molecular weight excluding hydrogens is 420 g/mol. The summed E-state index contributed by atoms with van der Waals surface area (Å²) in [4.78, 5) is 26.9. The van der Waals surface area contributed by atoms with E-state index in [-0.39, 0.29) is 18.1 Å². The van der Waals surface area contributed by atoms with Gasteiger partial charge in [-0.1, -0.05) is 60.7 Å². The van der Waals surface area contributed by atoms with Crippen LogP contribution in [0.4, 0.5) is 5.00 Å². The molecule has 0 fully saturated rings. The number of nitriles is 1. The molecule has 0 aliphatic heterocycles. The highest BCUT2D eigenvalue weighted by Crippen LogP contribution is 2.38. The van der Waals surface area contributed by atoms with E-state index in [9.17, 15) is 14.9 Å². The summed E-state index contributed by atoms with van der Waals surface area (Å²) in [6.07, 6.45) is 5.18. The number of carbonyl (C=O) groups excluding carboxylic acids is 2. The van der Waals surface area contributed by atoms with Crippen molar-refractivity contribution < 1.29 is 14.3 Å². The molecule has 32 heavy (non-hydrogen) atoms. The minimum atomic E-state index is -0.645. The van der Waals surface area contributed by atoms with Crippen molar-refractivity contribution in [3.05, 3.63) is 99.6 Å². The van der Waals surface area contributed by atoms with Crippen molar-refractivity contribution in [2.75, 3.05) is 5.32 Å². The Balaban J connectivity index is 1.62. The maximum Gasteiger partial charge on any atom is 0.355 e. The lowest BCUT2D eigenvalue weighted by atomic mass is 9.96. The first-order chi connectivity index (χ1) is 15.7. The average molecular weight is 443 g/mol.